The third kappa shape index (κ3) is 5.74. The molecule has 0 saturated heterocycles. The summed E-state index contributed by atoms with van der Waals surface area (Å²) in [6, 6.07) is 9.58. The normalized spacial score (nSPS) is 10.0. The number of esters is 1. The van der Waals surface area contributed by atoms with E-state index in [0.717, 1.165) is 6.07 Å². The van der Waals surface area contributed by atoms with Crippen molar-refractivity contribution in [2.24, 2.45) is 0 Å². The van der Waals surface area contributed by atoms with Crippen LogP contribution in [0.2, 0.25) is 0 Å². The molecule has 0 saturated carbocycles. The van der Waals surface area contributed by atoms with E-state index in [2.05, 4.69) is 10.6 Å². The van der Waals surface area contributed by atoms with Gasteiger partial charge in [-0.25, -0.2) is 9.18 Å². The van der Waals surface area contributed by atoms with Crippen LogP contribution in [-0.2, 0) is 14.3 Å². The molecule has 0 fully saturated rings. The molecule has 0 aliphatic heterocycles. The number of hydrogen-bond acceptors (Lipinski definition) is 5. The van der Waals surface area contributed by atoms with Gasteiger partial charge in [0.2, 0.25) is 17.6 Å². The van der Waals surface area contributed by atoms with Crippen molar-refractivity contribution in [2.45, 2.75) is 13.8 Å². The Morgan fingerprint density at radius 3 is 2.15 bits per heavy atom. The number of ether oxygens (including phenoxy) is 1. The van der Waals surface area contributed by atoms with Crippen molar-refractivity contribution in [3.63, 3.8) is 0 Å². The number of amides is 2. The topological polar surface area (TPSA) is 102 Å². The molecule has 2 amide bonds. The molecule has 7 nitrogen and oxygen atoms in total. The lowest BCUT2D eigenvalue weighted by Crippen LogP contribution is -2.16. The molecule has 0 aliphatic rings. The summed E-state index contributed by atoms with van der Waals surface area (Å²) in [5, 5.41) is 4.92. The molecule has 8 heteroatoms. The molecule has 0 unspecified atom stereocenters. The summed E-state index contributed by atoms with van der Waals surface area (Å²) in [5.41, 5.74) is 0.491. The Hall–Kier alpha value is -3.55. The summed E-state index contributed by atoms with van der Waals surface area (Å²) in [7, 11) is 0. The first-order valence-corrected chi connectivity index (χ1v) is 7.91. The molecule has 0 spiro atoms. The van der Waals surface area contributed by atoms with Crippen LogP contribution in [0, 0.1) is 5.82 Å². The molecule has 2 aromatic carbocycles. The highest BCUT2D eigenvalue weighted by atomic mass is 19.1. The summed E-state index contributed by atoms with van der Waals surface area (Å²) in [6.45, 7) is 1.95. The molecule has 2 rings (SSSR count). The van der Waals surface area contributed by atoms with Crippen LogP contribution in [-0.4, -0.2) is 30.2 Å². The highest BCUT2D eigenvalue weighted by Gasteiger charge is 2.16. The van der Waals surface area contributed by atoms with Gasteiger partial charge in [0.1, 0.15) is 5.82 Å². The highest BCUT2D eigenvalue weighted by Crippen LogP contribution is 2.16. The Morgan fingerprint density at radius 1 is 0.926 bits per heavy atom. The van der Waals surface area contributed by atoms with Crippen molar-refractivity contribution in [1.29, 1.82) is 0 Å². The predicted molar refractivity (Wildman–Crippen MR) is 96.1 cm³/mol. The zero-order valence-corrected chi connectivity index (χ0v) is 14.7. The minimum Gasteiger partial charge on any atom is -0.454 e. The second kappa shape index (κ2) is 8.70. The van der Waals surface area contributed by atoms with E-state index in [1.807, 2.05) is 0 Å². The molecule has 2 N–H and O–H groups in total. The lowest BCUT2D eigenvalue weighted by molar-refractivity contribution is -0.115. The Morgan fingerprint density at radius 2 is 1.56 bits per heavy atom. The van der Waals surface area contributed by atoms with E-state index in [9.17, 15) is 23.6 Å². The predicted octanol–water partition coefficient (Wildman–Crippen LogP) is 2.78. The number of benzene rings is 2. The van der Waals surface area contributed by atoms with Gasteiger partial charge in [0.15, 0.2) is 6.61 Å². The minimum atomic E-state index is -0.838. The van der Waals surface area contributed by atoms with Gasteiger partial charge in [0.05, 0.1) is 11.1 Å². The molecule has 140 valence electrons. The Labute approximate surface area is 154 Å². The van der Waals surface area contributed by atoms with Crippen molar-refractivity contribution in [1.82, 2.24) is 0 Å². The third-order valence-electron chi connectivity index (χ3n) is 3.34. The molecular weight excluding hydrogens is 355 g/mol. The number of ketones is 1. The molecule has 27 heavy (non-hydrogen) atoms. The second-order valence-electron chi connectivity index (χ2n) is 5.64. The minimum absolute atomic E-state index is 0.135. The maximum Gasteiger partial charge on any atom is 0.338 e. The monoisotopic (exact) mass is 372 g/mol. The SMILES string of the molecule is CC(=O)Nc1cccc(C(=O)OCC(=O)c2ccc(NC(C)=O)cc2F)c1. The van der Waals surface area contributed by atoms with Gasteiger partial charge in [0, 0.05) is 25.2 Å². The number of anilines is 2. The van der Waals surface area contributed by atoms with Gasteiger partial charge in [-0.15, -0.1) is 0 Å². The molecule has 0 aromatic heterocycles. The number of carbonyl (C=O) groups is 4. The molecule has 0 radical (unpaired) electrons. The van der Waals surface area contributed by atoms with E-state index >= 15 is 0 Å². The van der Waals surface area contributed by atoms with Crippen LogP contribution < -0.4 is 10.6 Å². The molecule has 2 aromatic rings. The van der Waals surface area contributed by atoms with Crippen LogP contribution in [0.5, 0.6) is 0 Å². The van der Waals surface area contributed by atoms with Crippen molar-refractivity contribution < 1.29 is 28.3 Å². The number of carbonyl (C=O) groups excluding carboxylic acids is 4. The summed E-state index contributed by atoms with van der Waals surface area (Å²) in [4.78, 5) is 46.1. The van der Waals surface area contributed by atoms with E-state index < -0.39 is 24.2 Å². The number of hydrogen-bond donors (Lipinski definition) is 2. The molecule has 0 heterocycles. The zero-order valence-electron chi connectivity index (χ0n) is 14.7. The second-order valence-corrected chi connectivity index (χ2v) is 5.64. The van der Waals surface area contributed by atoms with Crippen LogP contribution in [0.15, 0.2) is 42.5 Å². The Bertz CT molecular complexity index is 911. The van der Waals surface area contributed by atoms with Gasteiger partial charge in [-0.05, 0) is 36.4 Å². The maximum atomic E-state index is 14.0. The Kier molecular flexibility index (Phi) is 6.37. The quantitative estimate of drug-likeness (QED) is 0.600. The largest absolute Gasteiger partial charge is 0.454 e. The van der Waals surface area contributed by atoms with Gasteiger partial charge < -0.3 is 15.4 Å². The summed E-state index contributed by atoms with van der Waals surface area (Å²) < 4.78 is 18.9. The highest BCUT2D eigenvalue weighted by molar-refractivity contribution is 6.00. The lowest BCUT2D eigenvalue weighted by atomic mass is 10.1. The van der Waals surface area contributed by atoms with Crippen molar-refractivity contribution in [2.75, 3.05) is 17.2 Å². The fourth-order valence-corrected chi connectivity index (χ4v) is 2.24. The summed E-state index contributed by atoms with van der Waals surface area (Å²) >= 11 is 0. The van der Waals surface area contributed by atoms with E-state index in [-0.39, 0.29) is 28.6 Å². The van der Waals surface area contributed by atoms with E-state index in [1.165, 1.54) is 38.1 Å². The van der Waals surface area contributed by atoms with E-state index in [4.69, 9.17) is 4.74 Å². The average molecular weight is 372 g/mol. The maximum absolute atomic E-state index is 14.0. The van der Waals surface area contributed by atoms with Crippen LogP contribution in [0.1, 0.15) is 34.6 Å². The first kappa shape index (κ1) is 19.8. The molecule has 0 atom stereocenters. The van der Waals surface area contributed by atoms with Crippen LogP contribution >= 0.6 is 0 Å². The third-order valence-corrected chi connectivity index (χ3v) is 3.34. The number of nitrogens with one attached hydrogen (secondary N) is 2. The van der Waals surface area contributed by atoms with E-state index in [1.54, 1.807) is 12.1 Å². The van der Waals surface area contributed by atoms with Gasteiger partial charge in [-0.2, -0.15) is 0 Å². The van der Waals surface area contributed by atoms with Gasteiger partial charge >= 0.3 is 5.97 Å². The zero-order chi connectivity index (χ0) is 20.0. The van der Waals surface area contributed by atoms with Crippen LogP contribution in [0.4, 0.5) is 15.8 Å². The first-order chi connectivity index (χ1) is 12.8. The first-order valence-electron chi connectivity index (χ1n) is 7.91. The molecule has 0 aliphatic carbocycles. The molecule has 0 bridgehead atoms. The van der Waals surface area contributed by atoms with Gasteiger partial charge in [-0.3, -0.25) is 14.4 Å². The van der Waals surface area contributed by atoms with Gasteiger partial charge in [0.25, 0.3) is 0 Å². The number of Topliss-reactive ketones (excluding diaryl/α,β-unsaturated/α-hetero) is 1. The average Bonchev–Trinajstić information content (AvgIpc) is 2.58. The smallest absolute Gasteiger partial charge is 0.338 e. The number of rotatable bonds is 6. The summed E-state index contributed by atoms with van der Waals surface area (Å²) in [6.07, 6.45) is 0. The van der Waals surface area contributed by atoms with Gasteiger partial charge in [-0.1, -0.05) is 6.07 Å². The number of halogens is 1. The standard InChI is InChI=1S/C19H17FN2O5/c1-11(23)21-14-5-3-4-13(8-14)19(26)27-10-18(25)16-7-6-15(9-17(16)20)22-12(2)24/h3-9H,10H2,1-2H3,(H,21,23)(H,22,24). The van der Waals surface area contributed by atoms with Crippen molar-refractivity contribution in [3.05, 3.63) is 59.4 Å². The summed E-state index contributed by atoms with van der Waals surface area (Å²) in [5.74, 6) is -3.02. The fourth-order valence-electron chi connectivity index (χ4n) is 2.24. The van der Waals surface area contributed by atoms with Crippen LogP contribution in [0.3, 0.4) is 0 Å². The van der Waals surface area contributed by atoms with E-state index in [0.29, 0.717) is 5.69 Å². The van der Waals surface area contributed by atoms with Crippen molar-refractivity contribution in [3.8, 4) is 0 Å². The van der Waals surface area contributed by atoms with Crippen LogP contribution in [0.25, 0.3) is 0 Å². The fraction of sp³-hybridized carbons (Fsp3) is 0.158. The lowest BCUT2D eigenvalue weighted by Gasteiger charge is -2.08. The Balaban J connectivity index is 2.02. The molecular formula is C19H17FN2O5. The van der Waals surface area contributed by atoms with Crippen molar-refractivity contribution >= 4 is 34.9 Å².